The second kappa shape index (κ2) is 5.59. The molecule has 2 rings (SSSR count). The van der Waals surface area contributed by atoms with Crippen molar-refractivity contribution in [3.8, 4) is 0 Å². The molecule has 0 bridgehead atoms. The van der Waals surface area contributed by atoms with Crippen molar-refractivity contribution < 1.29 is 13.2 Å². The summed E-state index contributed by atoms with van der Waals surface area (Å²) in [5.41, 5.74) is -0.173. The first-order valence-corrected chi connectivity index (χ1v) is 6.58. The summed E-state index contributed by atoms with van der Waals surface area (Å²) in [7, 11) is 1.91. The van der Waals surface area contributed by atoms with Crippen LogP contribution in [-0.2, 0) is 6.18 Å². The molecule has 19 heavy (non-hydrogen) atoms. The molecule has 0 radical (unpaired) electrons. The van der Waals surface area contributed by atoms with E-state index in [0.29, 0.717) is 11.7 Å². The van der Waals surface area contributed by atoms with Crippen LogP contribution in [0.15, 0.2) is 18.2 Å². The average Bonchev–Trinajstić information content (AvgIpc) is 2.38. The molecule has 0 saturated carbocycles. The largest absolute Gasteiger partial charge is 0.417 e. The van der Waals surface area contributed by atoms with Gasteiger partial charge in [-0.1, -0.05) is 11.6 Å². The number of halogens is 4. The van der Waals surface area contributed by atoms with Crippen molar-refractivity contribution in [2.45, 2.75) is 25.1 Å². The van der Waals surface area contributed by atoms with Gasteiger partial charge in [0, 0.05) is 24.8 Å². The maximum absolute atomic E-state index is 12.8. The van der Waals surface area contributed by atoms with Gasteiger partial charge in [-0.25, -0.2) is 0 Å². The highest BCUT2D eigenvalue weighted by atomic mass is 35.5. The molecule has 1 aliphatic rings. The van der Waals surface area contributed by atoms with Crippen LogP contribution >= 0.6 is 11.6 Å². The van der Waals surface area contributed by atoms with Gasteiger partial charge in [0.25, 0.3) is 0 Å². The Morgan fingerprint density at radius 3 is 2.42 bits per heavy atom. The summed E-state index contributed by atoms with van der Waals surface area (Å²) >= 11 is 5.62. The van der Waals surface area contributed by atoms with Gasteiger partial charge >= 0.3 is 6.18 Å². The molecule has 0 atom stereocenters. The zero-order valence-electron chi connectivity index (χ0n) is 10.6. The van der Waals surface area contributed by atoms with E-state index < -0.39 is 11.7 Å². The van der Waals surface area contributed by atoms with Gasteiger partial charge in [0.2, 0.25) is 0 Å². The van der Waals surface area contributed by atoms with Gasteiger partial charge < -0.3 is 10.2 Å². The Bertz CT molecular complexity index is 440. The van der Waals surface area contributed by atoms with Gasteiger partial charge in [0.1, 0.15) is 0 Å². The number of anilines is 1. The molecule has 1 heterocycles. The summed E-state index contributed by atoms with van der Waals surface area (Å²) in [6.45, 7) is 1.51. The predicted molar refractivity (Wildman–Crippen MR) is 70.7 cm³/mol. The topological polar surface area (TPSA) is 15.3 Å². The highest BCUT2D eigenvalue weighted by molar-refractivity contribution is 6.31. The highest BCUT2D eigenvalue weighted by Gasteiger charge is 2.34. The summed E-state index contributed by atoms with van der Waals surface area (Å²) in [5, 5.41) is 2.94. The Morgan fingerprint density at radius 1 is 1.26 bits per heavy atom. The molecule has 1 aromatic carbocycles. The van der Waals surface area contributed by atoms with E-state index in [-0.39, 0.29) is 5.02 Å². The minimum atomic E-state index is -4.41. The van der Waals surface area contributed by atoms with E-state index >= 15 is 0 Å². The van der Waals surface area contributed by atoms with E-state index in [1.54, 1.807) is 6.07 Å². The van der Waals surface area contributed by atoms with Crippen molar-refractivity contribution in [1.29, 1.82) is 0 Å². The Balaban J connectivity index is 2.18. The fourth-order valence-corrected chi connectivity index (χ4v) is 2.58. The van der Waals surface area contributed by atoms with Crippen molar-refractivity contribution in [1.82, 2.24) is 5.32 Å². The molecule has 1 N–H and O–H groups in total. The zero-order chi connectivity index (χ0) is 14.0. The number of nitrogens with one attached hydrogen (secondary N) is 1. The van der Waals surface area contributed by atoms with Crippen molar-refractivity contribution in [2.24, 2.45) is 0 Å². The highest BCUT2D eigenvalue weighted by Crippen LogP contribution is 2.37. The number of alkyl halides is 3. The van der Waals surface area contributed by atoms with Crippen molar-refractivity contribution in [2.75, 3.05) is 25.0 Å². The number of benzene rings is 1. The second-order valence-electron chi connectivity index (χ2n) is 4.71. The molecule has 0 spiro atoms. The van der Waals surface area contributed by atoms with Crippen LogP contribution in [0.5, 0.6) is 0 Å². The molecule has 0 amide bonds. The number of hydrogen-bond acceptors (Lipinski definition) is 2. The molecule has 1 fully saturated rings. The molecule has 1 aromatic rings. The van der Waals surface area contributed by atoms with Crippen LogP contribution in [0.25, 0.3) is 0 Å². The van der Waals surface area contributed by atoms with E-state index in [9.17, 15) is 13.2 Å². The summed E-state index contributed by atoms with van der Waals surface area (Å²) in [5.74, 6) is 0. The third kappa shape index (κ3) is 3.34. The van der Waals surface area contributed by atoms with Crippen molar-refractivity contribution in [3.63, 3.8) is 0 Å². The molecular weight excluding hydrogens is 277 g/mol. The quantitative estimate of drug-likeness (QED) is 0.897. The molecule has 6 heteroatoms. The fraction of sp³-hybridized carbons (Fsp3) is 0.538. The van der Waals surface area contributed by atoms with Crippen LogP contribution in [0.1, 0.15) is 18.4 Å². The van der Waals surface area contributed by atoms with Crippen LogP contribution < -0.4 is 10.2 Å². The molecule has 106 valence electrons. The first-order valence-electron chi connectivity index (χ1n) is 6.21. The summed E-state index contributed by atoms with van der Waals surface area (Å²) in [6, 6.07) is 4.56. The number of nitrogens with zero attached hydrogens (tertiary/aromatic N) is 1. The third-order valence-electron chi connectivity index (χ3n) is 3.52. The molecule has 0 aromatic heterocycles. The zero-order valence-corrected chi connectivity index (χ0v) is 11.4. The SMILES string of the molecule is CNC1CCN(c2ccc(Cl)c(C(F)(F)F)c2)CC1. The number of rotatable bonds is 2. The van der Waals surface area contributed by atoms with E-state index in [4.69, 9.17) is 11.6 Å². The summed E-state index contributed by atoms with van der Waals surface area (Å²) in [6.07, 6.45) is -2.54. The van der Waals surface area contributed by atoms with E-state index in [2.05, 4.69) is 5.32 Å². The van der Waals surface area contributed by atoms with E-state index in [1.165, 1.54) is 6.07 Å². The van der Waals surface area contributed by atoms with Gasteiger partial charge in [-0.15, -0.1) is 0 Å². The predicted octanol–water partition coefficient (Wildman–Crippen LogP) is 3.55. The smallest absolute Gasteiger partial charge is 0.371 e. The van der Waals surface area contributed by atoms with E-state index in [0.717, 1.165) is 32.0 Å². The summed E-state index contributed by atoms with van der Waals surface area (Å²) in [4.78, 5) is 1.97. The monoisotopic (exact) mass is 292 g/mol. The molecule has 2 nitrogen and oxygen atoms in total. The number of piperidine rings is 1. The van der Waals surface area contributed by atoms with Gasteiger partial charge in [0.15, 0.2) is 0 Å². The molecule has 1 saturated heterocycles. The van der Waals surface area contributed by atoms with Gasteiger partial charge in [-0.3, -0.25) is 0 Å². The van der Waals surface area contributed by atoms with E-state index in [1.807, 2.05) is 11.9 Å². The fourth-order valence-electron chi connectivity index (χ4n) is 2.35. The Kier molecular flexibility index (Phi) is 4.26. The lowest BCUT2D eigenvalue weighted by Crippen LogP contribution is -2.41. The van der Waals surface area contributed by atoms with Crippen LogP contribution in [-0.4, -0.2) is 26.2 Å². The minimum Gasteiger partial charge on any atom is -0.371 e. The molecular formula is C13H16ClF3N2. The van der Waals surface area contributed by atoms with Crippen LogP contribution in [0, 0.1) is 0 Å². The summed E-state index contributed by atoms with van der Waals surface area (Å²) < 4.78 is 38.4. The maximum Gasteiger partial charge on any atom is 0.417 e. The molecule has 0 unspecified atom stereocenters. The normalized spacial score (nSPS) is 17.8. The molecule has 0 aliphatic carbocycles. The van der Waals surface area contributed by atoms with Crippen molar-refractivity contribution >= 4 is 17.3 Å². The Hall–Kier alpha value is -0.940. The third-order valence-corrected chi connectivity index (χ3v) is 3.85. The number of hydrogen-bond donors (Lipinski definition) is 1. The first kappa shape index (κ1) is 14.5. The Labute approximate surface area is 115 Å². The van der Waals surface area contributed by atoms with Crippen LogP contribution in [0.3, 0.4) is 0 Å². The minimum absolute atomic E-state index is 0.249. The first-order chi connectivity index (χ1) is 8.91. The lowest BCUT2D eigenvalue weighted by molar-refractivity contribution is -0.137. The van der Waals surface area contributed by atoms with Crippen molar-refractivity contribution in [3.05, 3.63) is 28.8 Å². The Morgan fingerprint density at radius 2 is 1.89 bits per heavy atom. The average molecular weight is 293 g/mol. The van der Waals surface area contributed by atoms with Crippen LogP contribution in [0.2, 0.25) is 5.02 Å². The molecule has 1 aliphatic heterocycles. The standard InChI is InChI=1S/C13H16ClF3N2/c1-18-9-4-6-19(7-5-9)10-2-3-12(14)11(8-10)13(15,16)17/h2-3,8-9,18H,4-7H2,1H3. The van der Waals surface area contributed by atoms with Crippen LogP contribution in [0.4, 0.5) is 18.9 Å². The van der Waals surface area contributed by atoms with Gasteiger partial charge in [0.05, 0.1) is 10.6 Å². The maximum atomic E-state index is 12.8. The second-order valence-corrected chi connectivity index (χ2v) is 5.12. The lowest BCUT2D eigenvalue weighted by Gasteiger charge is -2.33. The van der Waals surface area contributed by atoms with Gasteiger partial charge in [-0.2, -0.15) is 13.2 Å². The lowest BCUT2D eigenvalue weighted by atomic mass is 10.0. The van der Waals surface area contributed by atoms with Gasteiger partial charge in [-0.05, 0) is 38.1 Å².